The molecule has 3 heterocycles. The van der Waals surface area contributed by atoms with E-state index in [1.807, 2.05) is 0 Å². The fourth-order valence-electron chi connectivity index (χ4n) is 3.69. The van der Waals surface area contributed by atoms with Crippen LogP contribution in [0.2, 0.25) is 0 Å². The summed E-state index contributed by atoms with van der Waals surface area (Å²) in [5.41, 5.74) is -0.00579. The van der Waals surface area contributed by atoms with Gasteiger partial charge in [-0.3, -0.25) is 4.79 Å². The zero-order chi connectivity index (χ0) is 18.3. The second-order valence-electron chi connectivity index (χ2n) is 6.82. The first-order valence-electron chi connectivity index (χ1n) is 8.69. The second kappa shape index (κ2) is 6.37. The van der Waals surface area contributed by atoms with Crippen molar-refractivity contribution in [3.8, 4) is 0 Å². The van der Waals surface area contributed by atoms with E-state index in [0.29, 0.717) is 5.76 Å². The first kappa shape index (κ1) is 17.0. The van der Waals surface area contributed by atoms with Gasteiger partial charge in [0.05, 0.1) is 12.3 Å². The van der Waals surface area contributed by atoms with Crippen molar-refractivity contribution in [1.29, 1.82) is 0 Å². The predicted octanol–water partition coefficient (Wildman–Crippen LogP) is 3.81. The standard InChI is InChI=1S/C17H19F3N4O2/c18-17(19,20)14-8-11(13-6-3-7-26-13)22-15-9-12(23-24(14)15)16(25)21-10-4-1-2-5-10/h3,6-7,9-11,14,22H,1-2,4-5,8H2,(H,21,25). The molecule has 140 valence electrons. The van der Waals surface area contributed by atoms with E-state index >= 15 is 0 Å². The van der Waals surface area contributed by atoms with Crippen molar-refractivity contribution in [2.45, 2.75) is 56.4 Å². The molecule has 2 N–H and O–H groups in total. The highest BCUT2D eigenvalue weighted by atomic mass is 19.4. The topological polar surface area (TPSA) is 72.1 Å². The maximum atomic E-state index is 13.6. The molecule has 2 atom stereocenters. The number of carbonyl (C=O) groups excluding carboxylic acids is 1. The third-order valence-corrected chi connectivity index (χ3v) is 5.00. The summed E-state index contributed by atoms with van der Waals surface area (Å²) >= 11 is 0. The van der Waals surface area contributed by atoms with E-state index in [0.717, 1.165) is 30.4 Å². The predicted molar refractivity (Wildman–Crippen MR) is 86.7 cm³/mol. The molecular weight excluding hydrogens is 349 g/mol. The lowest BCUT2D eigenvalue weighted by Crippen LogP contribution is -2.36. The van der Waals surface area contributed by atoms with Gasteiger partial charge in [0.15, 0.2) is 11.7 Å². The van der Waals surface area contributed by atoms with Crippen LogP contribution in [-0.4, -0.2) is 27.9 Å². The minimum atomic E-state index is -4.48. The lowest BCUT2D eigenvalue weighted by Gasteiger charge is -2.32. The molecule has 0 saturated heterocycles. The van der Waals surface area contributed by atoms with E-state index in [9.17, 15) is 18.0 Å². The lowest BCUT2D eigenvalue weighted by molar-refractivity contribution is -0.174. The van der Waals surface area contributed by atoms with E-state index in [1.54, 1.807) is 12.1 Å². The molecule has 1 aliphatic heterocycles. The number of fused-ring (bicyclic) bond motifs is 1. The van der Waals surface area contributed by atoms with Crippen LogP contribution in [-0.2, 0) is 0 Å². The van der Waals surface area contributed by atoms with Crippen molar-refractivity contribution < 1.29 is 22.4 Å². The van der Waals surface area contributed by atoms with Crippen molar-refractivity contribution in [3.05, 3.63) is 35.9 Å². The van der Waals surface area contributed by atoms with Crippen molar-refractivity contribution in [1.82, 2.24) is 15.1 Å². The summed E-state index contributed by atoms with van der Waals surface area (Å²) in [6.07, 6.45) is 0.571. The van der Waals surface area contributed by atoms with Crippen LogP contribution in [0.5, 0.6) is 0 Å². The van der Waals surface area contributed by atoms with Crippen LogP contribution in [0.4, 0.5) is 19.0 Å². The van der Waals surface area contributed by atoms with Gasteiger partial charge in [0.1, 0.15) is 11.6 Å². The normalized spacial score (nSPS) is 23.5. The highest BCUT2D eigenvalue weighted by Gasteiger charge is 2.47. The minimum absolute atomic E-state index is 0.00579. The smallest absolute Gasteiger partial charge is 0.410 e. The van der Waals surface area contributed by atoms with Gasteiger partial charge in [0.25, 0.3) is 5.91 Å². The van der Waals surface area contributed by atoms with Crippen molar-refractivity contribution in [2.75, 3.05) is 5.32 Å². The quantitative estimate of drug-likeness (QED) is 0.864. The number of hydrogen-bond acceptors (Lipinski definition) is 4. The number of rotatable bonds is 3. The first-order valence-corrected chi connectivity index (χ1v) is 8.69. The molecule has 1 amide bonds. The molecule has 0 radical (unpaired) electrons. The van der Waals surface area contributed by atoms with Gasteiger partial charge >= 0.3 is 6.18 Å². The Morgan fingerprint density at radius 1 is 1.35 bits per heavy atom. The van der Waals surface area contributed by atoms with E-state index in [4.69, 9.17) is 4.42 Å². The number of aromatic nitrogens is 2. The van der Waals surface area contributed by atoms with Gasteiger partial charge < -0.3 is 15.1 Å². The molecular formula is C17H19F3N4O2. The maximum absolute atomic E-state index is 13.6. The Kier molecular flexibility index (Phi) is 4.16. The highest BCUT2D eigenvalue weighted by Crippen LogP contribution is 2.43. The van der Waals surface area contributed by atoms with Crippen molar-refractivity contribution in [3.63, 3.8) is 0 Å². The largest absolute Gasteiger partial charge is 0.467 e. The summed E-state index contributed by atoms with van der Waals surface area (Å²) in [7, 11) is 0. The molecule has 4 rings (SSSR count). The van der Waals surface area contributed by atoms with Gasteiger partial charge in [-0.05, 0) is 25.0 Å². The fourth-order valence-corrected chi connectivity index (χ4v) is 3.69. The summed E-state index contributed by atoms with van der Waals surface area (Å²) in [6, 6.07) is 2.26. The van der Waals surface area contributed by atoms with Crippen molar-refractivity contribution in [2.24, 2.45) is 0 Å². The molecule has 1 aliphatic carbocycles. The van der Waals surface area contributed by atoms with Crippen LogP contribution in [0, 0.1) is 0 Å². The number of furan rings is 1. The SMILES string of the molecule is O=C(NC1CCCC1)c1cc2n(n1)C(C(F)(F)F)CC(c1ccco1)N2. The molecule has 0 bridgehead atoms. The Morgan fingerprint density at radius 2 is 2.12 bits per heavy atom. The molecule has 2 aliphatic rings. The Hall–Kier alpha value is -2.45. The van der Waals surface area contributed by atoms with Crippen LogP contribution < -0.4 is 10.6 Å². The minimum Gasteiger partial charge on any atom is -0.467 e. The van der Waals surface area contributed by atoms with E-state index in [1.165, 1.54) is 12.3 Å². The first-order chi connectivity index (χ1) is 12.4. The van der Waals surface area contributed by atoms with Gasteiger partial charge in [-0.2, -0.15) is 18.3 Å². The molecule has 2 unspecified atom stereocenters. The highest BCUT2D eigenvalue weighted by molar-refractivity contribution is 5.93. The molecule has 6 nitrogen and oxygen atoms in total. The Labute approximate surface area is 147 Å². The number of anilines is 1. The summed E-state index contributed by atoms with van der Waals surface area (Å²) in [5.74, 6) is 0.149. The number of alkyl halides is 3. The van der Waals surface area contributed by atoms with E-state index in [-0.39, 0.29) is 24.0 Å². The number of hydrogen-bond donors (Lipinski definition) is 2. The van der Waals surface area contributed by atoms with Gasteiger partial charge in [-0.25, -0.2) is 4.68 Å². The van der Waals surface area contributed by atoms with Gasteiger partial charge in [0, 0.05) is 18.5 Å². The number of nitrogens with one attached hydrogen (secondary N) is 2. The number of nitrogens with zero attached hydrogens (tertiary/aromatic N) is 2. The third-order valence-electron chi connectivity index (χ3n) is 5.00. The van der Waals surface area contributed by atoms with Crippen LogP contribution in [0.3, 0.4) is 0 Å². The summed E-state index contributed by atoms with van der Waals surface area (Å²) in [6.45, 7) is 0. The number of carbonyl (C=O) groups is 1. The van der Waals surface area contributed by atoms with Crippen LogP contribution in [0.15, 0.2) is 28.9 Å². The average molecular weight is 368 g/mol. The molecule has 0 aromatic carbocycles. The monoisotopic (exact) mass is 368 g/mol. The van der Waals surface area contributed by atoms with Crippen molar-refractivity contribution >= 4 is 11.7 Å². The molecule has 26 heavy (non-hydrogen) atoms. The van der Waals surface area contributed by atoms with Gasteiger partial charge in [-0.15, -0.1) is 0 Å². The summed E-state index contributed by atoms with van der Waals surface area (Å²) in [5, 5.41) is 9.80. The van der Waals surface area contributed by atoms with Crippen LogP contribution >= 0.6 is 0 Å². The Balaban J connectivity index is 1.61. The molecule has 2 aromatic rings. The molecule has 9 heteroatoms. The number of halogens is 3. The second-order valence-corrected chi connectivity index (χ2v) is 6.82. The third kappa shape index (κ3) is 3.17. The Bertz CT molecular complexity index is 779. The maximum Gasteiger partial charge on any atom is 0.410 e. The van der Waals surface area contributed by atoms with Gasteiger partial charge in [0.2, 0.25) is 0 Å². The van der Waals surface area contributed by atoms with E-state index in [2.05, 4.69) is 15.7 Å². The molecule has 1 saturated carbocycles. The Morgan fingerprint density at radius 3 is 2.77 bits per heavy atom. The van der Waals surface area contributed by atoms with Crippen LogP contribution in [0.1, 0.15) is 60.4 Å². The number of amides is 1. The molecule has 1 fully saturated rings. The fraction of sp³-hybridized carbons (Fsp3) is 0.529. The van der Waals surface area contributed by atoms with Crippen LogP contribution in [0.25, 0.3) is 0 Å². The average Bonchev–Trinajstić information content (AvgIpc) is 3.33. The lowest BCUT2D eigenvalue weighted by atomic mass is 10.0. The zero-order valence-corrected chi connectivity index (χ0v) is 13.9. The van der Waals surface area contributed by atoms with E-state index < -0.39 is 24.2 Å². The molecule has 2 aromatic heterocycles. The summed E-state index contributed by atoms with van der Waals surface area (Å²) < 4.78 is 46.8. The summed E-state index contributed by atoms with van der Waals surface area (Å²) in [4.78, 5) is 12.4. The van der Waals surface area contributed by atoms with Gasteiger partial charge in [-0.1, -0.05) is 12.8 Å². The molecule has 0 spiro atoms. The zero-order valence-electron chi connectivity index (χ0n) is 13.9.